The third kappa shape index (κ3) is 2.52. The Bertz CT molecular complexity index is 446. The van der Waals surface area contributed by atoms with Crippen molar-refractivity contribution in [2.24, 2.45) is 11.8 Å². The van der Waals surface area contributed by atoms with Crippen LogP contribution in [-0.2, 0) is 6.42 Å². The van der Waals surface area contributed by atoms with Crippen molar-refractivity contribution in [1.29, 1.82) is 0 Å². The summed E-state index contributed by atoms with van der Waals surface area (Å²) in [5.41, 5.74) is 6.00. The van der Waals surface area contributed by atoms with Crippen LogP contribution >= 0.6 is 0 Å². The van der Waals surface area contributed by atoms with E-state index >= 15 is 0 Å². The van der Waals surface area contributed by atoms with Gasteiger partial charge >= 0.3 is 0 Å². The van der Waals surface area contributed by atoms with Crippen LogP contribution in [0.3, 0.4) is 0 Å². The molecule has 0 amide bonds. The number of allylic oxidation sites excluding steroid dienone is 4. The van der Waals surface area contributed by atoms with Crippen LogP contribution in [0.15, 0.2) is 53.1 Å². The fourth-order valence-electron chi connectivity index (χ4n) is 2.67. The second kappa shape index (κ2) is 4.91. The molecule has 0 heteroatoms. The van der Waals surface area contributed by atoms with Gasteiger partial charge in [-0.25, -0.2) is 0 Å². The number of benzene rings is 1. The number of hydrogen-bond donors (Lipinski definition) is 0. The van der Waals surface area contributed by atoms with Crippen molar-refractivity contribution in [2.75, 3.05) is 0 Å². The van der Waals surface area contributed by atoms with E-state index in [0.717, 1.165) is 6.42 Å². The average Bonchev–Trinajstić information content (AvgIpc) is 2.59. The van der Waals surface area contributed by atoms with Crippen LogP contribution in [0.5, 0.6) is 0 Å². The van der Waals surface area contributed by atoms with Crippen LogP contribution in [0.25, 0.3) is 0 Å². The molecule has 1 aromatic carbocycles. The van der Waals surface area contributed by atoms with Crippen LogP contribution < -0.4 is 0 Å². The van der Waals surface area contributed by atoms with Crippen molar-refractivity contribution in [3.05, 3.63) is 58.7 Å². The summed E-state index contributed by atoms with van der Waals surface area (Å²) in [5, 5.41) is 0. The number of rotatable bonds is 3. The molecule has 0 radical (unpaired) electrons. The zero-order chi connectivity index (χ0) is 12.4. The Labute approximate surface area is 105 Å². The van der Waals surface area contributed by atoms with Crippen LogP contribution in [0.2, 0.25) is 0 Å². The van der Waals surface area contributed by atoms with Crippen LogP contribution in [0, 0.1) is 11.8 Å². The minimum atomic E-state index is 0.647. The lowest BCUT2D eigenvalue weighted by molar-refractivity contribution is 0.530. The van der Waals surface area contributed by atoms with Gasteiger partial charge in [-0.1, -0.05) is 55.8 Å². The fraction of sp³-hybridized carbons (Fsp3) is 0.412. The maximum absolute atomic E-state index is 2.47. The summed E-state index contributed by atoms with van der Waals surface area (Å²) in [6.45, 7) is 9.17. The van der Waals surface area contributed by atoms with E-state index in [9.17, 15) is 0 Å². The normalized spacial score (nSPS) is 20.1. The zero-order valence-electron chi connectivity index (χ0n) is 11.3. The van der Waals surface area contributed by atoms with Gasteiger partial charge in [0, 0.05) is 5.92 Å². The van der Waals surface area contributed by atoms with Crippen molar-refractivity contribution in [3.63, 3.8) is 0 Å². The van der Waals surface area contributed by atoms with E-state index in [1.54, 1.807) is 5.57 Å². The van der Waals surface area contributed by atoms with Crippen LogP contribution in [-0.4, -0.2) is 0 Å². The first-order chi connectivity index (χ1) is 8.09. The maximum Gasteiger partial charge on any atom is 0.000885 e. The molecular weight excluding hydrogens is 204 g/mol. The zero-order valence-corrected chi connectivity index (χ0v) is 11.3. The molecule has 0 bridgehead atoms. The van der Waals surface area contributed by atoms with Gasteiger partial charge in [-0.2, -0.15) is 0 Å². The largest absolute Gasteiger partial charge is 0.0733 e. The van der Waals surface area contributed by atoms with Crippen molar-refractivity contribution >= 4 is 0 Å². The molecule has 0 heterocycles. The van der Waals surface area contributed by atoms with E-state index in [1.807, 2.05) is 0 Å². The lowest BCUT2D eigenvalue weighted by atomic mass is 9.91. The SMILES string of the molecule is CC1=C(C)[C@H](C(C)C)C=C1Cc1ccccc1. The predicted molar refractivity (Wildman–Crippen MR) is 74.9 cm³/mol. The van der Waals surface area contributed by atoms with Gasteiger partial charge in [0.25, 0.3) is 0 Å². The summed E-state index contributed by atoms with van der Waals surface area (Å²) < 4.78 is 0. The smallest absolute Gasteiger partial charge is 0.000885 e. The molecule has 0 nitrogen and oxygen atoms in total. The molecule has 2 rings (SSSR count). The Balaban J connectivity index is 2.21. The molecule has 0 spiro atoms. The molecule has 1 aliphatic rings. The van der Waals surface area contributed by atoms with Gasteiger partial charge < -0.3 is 0 Å². The maximum atomic E-state index is 2.47. The minimum Gasteiger partial charge on any atom is -0.0733 e. The highest BCUT2D eigenvalue weighted by Gasteiger charge is 2.22. The van der Waals surface area contributed by atoms with Crippen LogP contribution in [0.4, 0.5) is 0 Å². The van der Waals surface area contributed by atoms with Crippen molar-refractivity contribution in [3.8, 4) is 0 Å². The minimum absolute atomic E-state index is 0.647. The molecule has 1 aromatic rings. The lowest BCUT2D eigenvalue weighted by Gasteiger charge is -2.14. The second-order valence-electron chi connectivity index (χ2n) is 5.43. The van der Waals surface area contributed by atoms with Gasteiger partial charge in [-0.15, -0.1) is 0 Å². The van der Waals surface area contributed by atoms with E-state index in [-0.39, 0.29) is 0 Å². The summed E-state index contributed by atoms with van der Waals surface area (Å²) in [6.07, 6.45) is 3.55. The quantitative estimate of drug-likeness (QED) is 0.696. The van der Waals surface area contributed by atoms with Crippen molar-refractivity contribution in [2.45, 2.75) is 34.1 Å². The van der Waals surface area contributed by atoms with E-state index in [0.29, 0.717) is 11.8 Å². The highest BCUT2D eigenvalue weighted by atomic mass is 14.3. The summed E-state index contributed by atoms with van der Waals surface area (Å²) in [6, 6.07) is 10.8. The topological polar surface area (TPSA) is 0 Å². The van der Waals surface area contributed by atoms with Gasteiger partial charge in [-0.05, 0) is 42.9 Å². The first-order valence-electron chi connectivity index (χ1n) is 6.52. The van der Waals surface area contributed by atoms with E-state index in [2.05, 4.69) is 64.1 Å². The van der Waals surface area contributed by atoms with E-state index < -0.39 is 0 Å². The van der Waals surface area contributed by atoms with Gasteiger partial charge in [0.15, 0.2) is 0 Å². The van der Waals surface area contributed by atoms with Crippen molar-refractivity contribution in [1.82, 2.24) is 0 Å². The lowest BCUT2D eigenvalue weighted by Crippen LogP contribution is -2.04. The first-order valence-corrected chi connectivity index (χ1v) is 6.52. The monoisotopic (exact) mass is 226 g/mol. The van der Waals surface area contributed by atoms with Gasteiger partial charge in [0.2, 0.25) is 0 Å². The highest BCUT2D eigenvalue weighted by molar-refractivity contribution is 5.45. The summed E-state index contributed by atoms with van der Waals surface area (Å²) in [5.74, 6) is 1.35. The molecule has 0 aliphatic heterocycles. The van der Waals surface area contributed by atoms with Crippen molar-refractivity contribution < 1.29 is 0 Å². The van der Waals surface area contributed by atoms with E-state index in [4.69, 9.17) is 0 Å². The molecule has 1 atom stereocenters. The summed E-state index contributed by atoms with van der Waals surface area (Å²) in [4.78, 5) is 0. The Hall–Kier alpha value is -1.30. The molecule has 0 fully saturated rings. The Morgan fingerprint density at radius 3 is 2.24 bits per heavy atom. The molecular formula is C17H22. The molecule has 90 valence electrons. The third-order valence-electron chi connectivity index (χ3n) is 3.91. The van der Waals surface area contributed by atoms with E-state index in [1.165, 1.54) is 16.7 Å². The third-order valence-corrected chi connectivity index (χ3v) is 3.91. The van der Waals surface area contributed by atoms with Gasteiger partial charge in [0.1, 0.15) is 0 Å². The summed E-state index contributed by atoms with van der Waals surface area (Å²) in [7, 11) is 0. The predicted octanol–water partition coefficient (Wildman–Crippen LogP) is 4.78. The molecule has 0 unspecified atom stereocenters. The highest BCUT2D eigenvalue weighted by Crippen LogP contribution is 2.36. The second-order valence-corrected chi connectivity index (χ2v) is 5.43. The number of hydrogen-bond acceptors (Lipinski definition) is 0. The van der Waals surface area contributed by atoms with Gasteiger partial charge in [0.05, 0.1) is 0 Å². The summed E-state index contributed by atoms with van der Waals surface area (Å²) >= 11 is 0. The van der Waals surface area contributed by atoms with Crippen LogP contribution in [0.1, 0.15) is 33.3 Å². The molecule has 0 N–H and O–H groups in total. The average molecular weight is 226 g/mol. The molecule has 1 aliphatic carbocycles. The molecule has 0 saturated heterocycles. The molecule has 0 saturated carbocycles. The fourth-order valence-corrected chi connectivity index (χ4v) is 2.67. The molecule has 0 aromatic heterocycles. The molecule has 17 heavy (non-hydrogen) atoms. The Morgan fingerprint density at radius 1 is 1.06 bits per heavy atom. The van der Waals surface area contributed by atoms with Gasteiger partial charge in [-0.3, -0.25) is 0 Å². The first kappa shape index (κ1) is 12.2. The Kier molecular flexibility index (Phi) is 3.51. The standard InChI is InChI=1S/C17H22/c1-12(2)17-11-16(13(3)14(17)4)10-15-8-6-5-7-9-15/h5-9,11-12,17H,10H2,1-4H3/t17-/m0/s1. The Morgan fingerprint density at radius 2 is 1.71 bits per heavy atom.